The lowest BCUT2D eigenvalue weighted by molar-refractivity contribution is 0.101. The SMILES string of the molecule is CCN(CC)c1nc(C(=O)Nc2ccc(OC)c(OC)c2)nc2nc(C)cc(C)c12. The number of benzene rings is 1. The molecule has 2 heterocycles. The first kappa shape index (κ1) is 21.3. The summed E-state index contributed by atoms with van der Waals surface area (Å²) in [5.41, 5.74) is 2.95. The van der Waals surface area contributed by atoms with E-state index >= 15 is 0 Å². The Morgan fingerprint density at radius 3 is 2.33 bits per heavy atom. The van der Waals surface area contributed by atoms with Gasteiger partial charge >= 0.3 is 0 Å². The van der Waals surface area contributed by atoms with Crippen molar-refractivity contribution in [2.45, 2.75) is 27.7 Å². The van der Waals surface area contributed by atoms with Gasteiger partial charge in [-0.3, -0.25) is 4.79 Å². The summed E-state index contributed by atoms with van der Waals surface area (Å²) >= 11 is 0. The summed E-state index contributed by atoms with van der Waals surface area (Å²) in [4.78, 5) is 28.7. The van der Waals surface area contributed by atoms with Crippen LogP contribution in [0, 0.1) is 13.8 Å². The van der Waals surface area contributed by atoms with E-state index in [1.54, 1.807) is 32.4 Å². The van der Waals surface area contributed by atoms with Crippen molar-refractivity contribution in [3.63, 3.8) is 0 Å². The van der Waals surface area contributed by atoms with Gasteiger partial charge in [0.25, 0.3) is 5.91 Å². The second-order valence-electron chi connectivity index (χ2n) is 6.85. The van der Waals surface area contributed by atoms with E-state index in [1.807, 2.05) is 19.9 Å². The summed E-state index contributed by atoms with van der Waals surface area (Å²) in [5.74, 6) is 1.46. The van der Waals surface area contributed by atoms with Gasteiger partial charge in [-0.05, 0) is 51.5 Å². The van der Waals surface area contributed by atoms with Gasteiger partial charge in [-0.15, -0.1) is 0 Å². The Morgan fingerprint density at radius 1 is 1.00 bits per heavy atom. The third-order valence-corrected chi connectivity index (χ3v) is 4.88. The normalized spacial score (nSPS) is 10.7. The van der Waals surface area contributed by atoms with Crippen LogP contribution >= 0.6 is 0 Å². The number of pyridine rings is 1. The number of fused-ring (bicyclic) bond motifs is 1. The number of nitrogens with zero attached hydrogens (tertiary/aromatic N) is 4. The summed E-state index contributed by atoms with van der Waals surface area (Å²) in [5, 5.41) is 3.70. The third kappa shape index (κ3) is 4.12. The molecule has 1 aromatic carbocycles. The Bertz CT molecular complexity index is 1080. The third-order valence-electron chi connectivity index (χ3n) is 4.88. The summed E-state index contributed by atoms with van der Waals surface area (Å²) in [6.45, 7) is 9.54. The van der Waals surface area contributed by atoms with E-state index in [9.17, 15) is 4.79 Å². The predicted octanol–water partition coefficient (Wildman–Crippen LogP) is 3.76. The Hall–Kier alpha value is -3.42. The van der Waals surface area contributed by atoms with Crippen molar-refractivity contribution in [1.29, 1.82) is 0 Å². The number of anilines is 2. The molecular weight excluding hydrogens is 382 g/mol. The van der Waals surface area contributed by atoms with Crippen LogP contribution in [0.15, 0.2) is 24.3 Å². The molecule has 2 aromatic heterocycles. The van der Waals surface area contributed by atoms with E-state index < -0.39 is 5.91 Å². The second-order valence-corrected chi connectivity index (χ2v) is 6.85. The van der Waals surface area contributed by atoms with Crippen molar-refractivity contribution in [3.05, 3.63) is 41.3 Å². The van der Waals surface area contributed by atoms with E-state index in [0.717, 1.165) is 29.7 Å². The first-order chi connectivity index (χ1) is 14.4. The van der Waals surface area contributed by atoms with E-state index in [1.165, 1.54) is 0 Å². The zero-order valence-corrected chi connectivity index (χ0v) is 18.2. The molecule has 0 saturated heterocycles. The first-order valence-corrected chi connectivity index (χ1v) is 9.86. The van der Waals surface area contributed by atoms with Gasteiger partial charge in [0, 0.05) is 30.5 Å². The van der Waals surface area contributed by atoms with Gasteiger partial charge in [0.1, 0.15) is 5.82 Å². The van der Waals surface area contributed by atoms with Crippen LogP contribution in [-0.2, 0) is 0 Å². The number of amides is 1. The van der Waals surface area contributed by atoms with Gasteiger partial charge in [0.2, 0.25) is 5.82 Å². The Balaban J connectivity index is 2.06. The molecule has 0 saturated carbocycles. The minimum Gasteiger partial charge on any atom is -0.493 e. The maximum Gasteiger partial charge on any atom is 0.293 e. The average Bonchev–Trinajstić information content (AvgIpc) is 2.73. The summed E-state index contributed by atoms with van der Waals surface area (Å²) in [7, 11) is 3.10. The number of aryl methyl sites for hydroxylation is 2. The molecule has 1 N–H and O–H groups in total. The molecule has 0 aliphatic heterocycles. The zero-order valence-electron chi connectivity index (χ0n) is 18.2. The number of carbonyl (C=O) groups excluding carboxylic acids is 1. The van der Waals surface area contributed by atoms with Gasteiger partial charge in [-0.2, -0.15) is 0 Å². The van der Waals surface area contributed by atoms with Crippen LogP contribution in [0.3, 0.4) is 0 Å². The number of hydrogen-bond donors (Lipinski definition) is 1. The molecule has 8 nitrogen and oxygen atoms in total. The number of aromatic nitrogens is 3. The minimum atomic E-state index is -0.418. The lowest BCUT2D eigenvalue weighted by atomic mass is 10.1. The molecule has 3 aromatic rings. The molecule has 1 amide bonds. The molecule has 30 heavy (non-hydrogen) atoms. The Kier molecular flexibility index (Phi) is 6.34. The zero-order chi connectivity index (χ0) is 21.8. The number of rotatable bonds is 7. The standard InChI is InChI=1S/C22H27N5O3/c1-7-27(8-2)21-18-13(3)11-14(4)23-19(18)25-20(26-21)22(28)24-15-9-10-16(29-5)17(12-15)30-6/h9-12H,7-8H2,1-6H3,(H,24,28). The fourth-order valence-corrected chi connectivity index (χ4v) is 3.41. The van der Waals surface area contributed by atoms with Crippen LogP contribution in [0.25, 0.3) is 11.0 Å². The van der Waals surface area contributed by atoms with Crippen LogP contribution in [0.5, 0.6) is 11.5 Å². The van der Waals surface area contributed by atoms with Crippen molar-refractivity contribution < 1.29 is 14.3 Å². The second kappa shape index (κ2) is 8.94. The predicted molar refractivity (Wildman–Crippen MR) is 118 cm³/mol. The van der Waals surface area contributed by atoms with Crippen LogP contribution in [0.2, 0.25) is 0 Å². The largest absolute Gasteiger partial charge is 0.493 e. The highest BCUT2D eigenvalue weighted by Crippen LogP contribution is 2.30. The van der Waals surface area contributed by atoms with Gasteiger partial charge in [-0.25, -0.2) is 15.0 Å². The Labute approximate surface area is 176 Å². The molecule has 0 radical (unpaired) electrons. The van der Waals surface area contributed by atoms with Gasteiger partial charge in [0.05, 0.1) is 19.6 Å². The smallest absolute Gasteiger partial charge is 0.293 e. The number of carbonyl (C=O) groups is 1. The van der Waals surface area contributed by atoms with Crippen molar-refractivity contribution in [3.8, 4) is 11.5 Å². The highest BCUT2D eigenvalue weighted by molar-refractivity contribution is 6.04. The van der Waals surface area contributed by atoms with E-state index in [4.69, 9.17) is 9.47 Å². The fraction of sp³-hybridized carbons (Fsp3) is 0.364. The van der Waals surface area contributed by atoms with Crippen LogP contribution in [-0.4, -0.2) is 48.2 Å². The molecule has 3 rings (SSSR count). The molecule has 0 fully saturated rings. The maximum atomic E-state index is 13.0. The van der Waals surface area contributed by atoms with Crippen LogP contribution < -0.4 is 19.7 Å². The quantitative estimate of drug-likeness (QED) is 0.635. The van der Waals surface area contributed by atoms with E-state index in [-0.39, 0.29) is 5.82 Å². The molecule has 8 heteroatoms. The van der Waals surface area contributed by atoms with Crippen molar-refractivity contribution in [2.24, 2.45) is 0 Å². The molecule has 0 bridgehead atoms. The molecule has 0 unspecified atom stereocenters. The lowest BCUT2D eigenvalue weighted by Crippen LogP contribution is -2.26. The molecule has 0 aliphatic carbocycles. The summed E-state index contributed by atoms with van der Waals surface area (Å²) < 4.78 is 10.5. The van der Waals surface area contributed by atoms with Gasteiger partial charge in [-0.1, -0.05) is 0 Å². The number of ether oxygens (including phenoxy) is 2. The maximum absolute atomic E-state index is 13.0. The average molecular weight is 409 g/mol. The fourth-order valence-electron chi connectivity index (χ4n) is 3.41. The van der Waals surface area contributed by atoms with Crippen molar-refractivity contribution in [2.75, 3.05) is 37.5 Å². The molecule has 0 spiro atoms. The minimum absolute atomic E-state index is 0.0664. The molecule has 0 aliphatic rings. The highest BCUT2D eigenvalue weighted by Gasteiger charge is 2.20. The van der Waals surface area contributed by atoms with Crippen molar-refractivity contribution >= 4 is 28.4 Å². The lowest BCUT2D eigenvalue weighted by Gasteiger charge is -2.22. The van der Waals surface area contributed by atoms with E-state index in [2.05, 4.69) is 39.0 Å². The van der Waals surface area contributed by atoms with Gasteiger partial charge < -0.3 is 19.7 Å². The number of hydrogen-bond acceptors (Lipinski definition) is 7. The topological polar surface area (TPSA) is 89.5 Å². The summed E-state index contributed by atoms with van der Waals surface area (Å²) in [6.07, 6.45) is 0. The van der Waals surface area contributed by atoms with E-state index in [0.29, 0.717) is 28.7 Å². The van der Waals surface area contributed by atoms with Gasteiger partial charge in [0.15, 0.2) is 17.1 Å². The van der Waals surface area contributed by atoms with Crippen LogP contribution in [0.1, 0.15) is 35.7 Å². The molecular formula is C22H27N5O3. The molecule has 158 valence electrons. The van der Waals surface area contributed by atoms with Crippen LogP contribution in [0.4, 0.5) is 11.5 Å². The van der Waals surface area contributed by atoms with Crippen molar-refractivity contribution in [1.82, 2.24) is 15.0 Å². The highest BCUT2D eigenvalue weighted by atomic mass is 16.5. The first-order valence-electron chi connectivity index (χ1n) is 9.86. The number of methoxy groups -OCH3 is 2. The molecule has 0 atom stereocenters. The monoisotopic (exact) mass is 409 g/mol. The Morgan fingerprint density at radius 2 is 1.70 bits per heavy atom. The summed E-state index contributed by atoms with van der Waals surface area (Å²) in [6, 6.07) is 7.15. The number of nitrogens with one attached hydrogen (secondary N) is 1.